The van der Waals surface area contributed by atoms with Crippen molar-refractivity contribution in [2.45, 2.75) is 25.8 Å². The number of aryl methyl sites for hydroxylation is 1. The quantitative estimate of drug-likeness (QED) is 0.658. The highest BCUT2D eigenvalue weighted by molar-refractivity contribution is 5.77. The van der Waals surface area contributed by atoms with E-state index in [4.69, 9.17) is 0 Å². The van der Waals surface area contributed by atoms with Crippen LogP contribution >= 0.6 is 0 Å². The minimum absolute atomic E-state index is 0.0219. The van der Waals surface area contributed by atoms with Gasteiger partial charge < -0.3 is 9.64 Å². The van der Waals surface area contributed by atoms with Crippen LogP contribution in [0.4, 0.5) is 13.2 Å². The molecular weight excluding hydrogens is 359 g/mol. The highest BCUT2D eigenvalue weighted by atomic mass is 19.2. The molecule has 2 aromatic rings. The fourth-order valence-electron chi connectivity index (χ4n) is 2.58. The molecule has 0 atom stereocenters. The van der Waals surface area contributed by atoms with Gasteiger partial charge in [0.25, 0.3) is 0 Å². The zero-order chi connectivity index (χ0) is 19.8. The number of ether oxygens (including phenoxy) is 1. The van der Waals surface area contributed by atoms with Gasteiger partial charge in [-0.25, -0.2) is 13.2 Å². The number of halogens is 3. The van der Waals surface area contributed by atoms with Gasteiger partial charge in [0, 0.05) is 19.5 Å². The fraction of sp³-hybridized carbons (Fsp3) is 0.300. The molecule has 144 valence electrons. The number of carbonyl (C=O) groups excluding carboxylic acids is 2. The molecule has 0 radical (unpaired) electrons. The summed E-state index contributed by atoms with van der Waals surface area (Å²) in [4.78, 5) is 25.3. The van der Waals surface area contributed by atoms with E-state index < -0.39 is 17.6 Å². The monoisotopic (exact) mass is 379 g/mol. The molecule has 2 rings (SSSR count). The second-order valence-electron chi connectivity index (χ2n) is 6.02. The van der Waals surface area contributed by atoms with Gasteiger partial charge in [-0.05, 0) is 41.8 Å². The van der Waals surface area contributed by atoms with E-state index in [2.05, 4.69) is 4.74 Å². The van der Waals surface area contributed by atoms with Crippen molar-refractivity contribution in [3.63, 3.8) is 0 Å². The number of hydrogen-bond donors (Lipinski definition) is 0. The van der Waals surface area contributed by atoms with Crippen molar-refractivity contribution in [1.82, 2.24) is 4.90 Å². The Labute approximate surface area is 155 Å². The standard InChI is InChI=1S/C20H20F3NO3/c1-27-20(26)9-10-24(13-15-5-7-17(22)18(23)12-15)19(25)8-6-14-3-2-4-16(21)11-14/h2-5,7,11-12H,6,8-10,13H2,1H3. The van der Waals surface area contributed by atoms with Gasteiger partial charge in [-0.3, -0.25) is 9.59 Å². The van der Waals surface area contributed by atoms with Gasteiger partial charge in [-0.1, -0.05) is 18.2 Å². The number of methoxy groups -OCH3 is 1. The Morgan fingerprint density at radius 1 is 0.963 bits per heavy atom. The molecule has 0 spiro atoms. The van der Waals surface area contributed by atoms with Gasteiger partial charge in [-0.2, -0.15) is 0 Å². The first-order valence-electron chi connectivity index (χ1n) is 8.42. The molecule has 2 aromatic carbocycles. The number of benzene rings is 2. The highest BCUT2D eigenvalue weighted by Gasteiger charge is 2.17. The number of esters is 1. The molecule has 0 aliphatic carbocycles. The average Bonchev–Trinajstić information content (AvgIpc) is 2.65. The molecule has 7 heteroatoms. The smallest absolute Gasteiger partial charge is 0.307 e. The topological polar surface area (TPSA) is 46.6 Å². The molecule has 0 aliphatic heterocycles. The van der Waals surface area contributed by atoms with Crippen molar-refractivity contribution in [2.24, 2.45) is 0 Å². The minimum Gasteiger partial charge on any atom is -0.469 e. The molecule has 0 heterocycles. The molecule has 0 unspecified atom stereocenters. The van der Waals surface area contributed by atoms with E-state index in [0.717, 1.165) is 12.1 Å². The van der Waals surface area contributed by atoms with Crippen molar-refractivity contribution in [1.29, 1.82) is 0 Å². The lowest BCUT2D eigenvalue weighted by atomic mass is 10.1. The summed E-state index contributed by atoms with van der Waals surface area (Å²) in [6.07, 6.45) is 0.392. The maximum Gasteiger partial charge on any atom is 0.307 e. The molecule has 0 fully saturated rings. The first kappa shape index (κ1) is 20.5. The SMILES string of the molecule is COC(=O)CCN(Cc1ccc(F)c(F)c1)C(=O)CCc1cccc(F)c1. The first-order valence-corrected chi connectivity index (χ1v) is 8.42. The zero-order valence-corrected chi connectivity index (χ0v) is 14.9. The first-order chi connectivity index (χ1) is 12.9. The van der Waals surface area contributed by atoms with Crippen LogP contribution in [0.2, 0.25) is 0 Å². The van der Waals surface area contributed by atoms with Crippen LogP contribution in [0.25, 0.3) is 0 Å². The molecule has 4 nitrogen and oxygen atoms in total. The van der Waals surface area contributed by atoms with Gasteiger partial charge in [0.15, 0.2) is 11.6 Å². The van der Waals surface area contributed by atoms with E-state index in [1.807, 2.05) is 0 Å². The Hall–Kier alpha value is -2.83. The Balaban J connectivity index is 2.06. The van der Waals surface area contributed by atoms with Crippen molar-refractivity contribution in [2.75, 3.05) is 13.7 Å². The van der Waals surface area contributed by atoms with Crippen molar-refractivity contribution >= 4 is 11.9 Å². The molecule has 0 N–H and O–H groups in total. The molecular formula is C20H20F3NO3. The van der Waals surface area contributed by atoms with E-state index in [0.29, 0.717) is 17.5 Å². The summed E-state index contributed by atoms with van der Waals surface area (Å²) in [7, 11) is 1.24. The van der Waals surface area contributed by atoms with E-state index in [1.54, 1.807) is 12.1 Å². The summed E-state index contributed by atoms with van der Waals surface area (Å²) >= 11 is 0. The van der Waals surface area contributed by atoms with E-state index in [9.17, 15) is 22.8 Å². The summed E-state index contributed by atoms with van der Waals surface area (Å²) in [6.45, 7) is 0.101. The normalized spacial score (nSPS) is 10.5. The lowest BCUT2D eigenvalue weighted by Crippen LogP contribution is -2.33. The van der Waals surface area contributed by atoms with Crippen molar-refractivity contribution in [3.8, 4) is 0 Å². The Kier molecular flexibility index (Phi) is 7.40. The summed E-state index contributed by atoms with van der Waals surface area (Å²) in [5, 5.41) is 0. The fourth-order valence-corrected chi connectivity index (χ4v) is 2.58. The predicted octanol–water partition coefficient (Wildman–Crippen LogP) is 3.63. The van der Waals surface area contributed by atoms with Crippen LogP contribution in [0.15, 0.2) is 42.5 Å². The van der Waals surface area contributed by atoms with Crippen LogP contribution in [0.3, 0.4) is 0 Å². The maximum atomic E-state index is 13.4. The molecule has 0 aliphatic rings. The molecule has 27 heavy (non-hydrogen) atoms. The summed E-state index contributed by atoms with van der Waals surface area (Å²) in [5.41, 5.74) is 1.07. The lowest BCUT2D eigenvalue weighted by molar-refractivity contribution is -0.142. The van der Waals surface area contributed by atoms with Crippen molar-refractivity contribution < 1.29 is 27.5 Å². The Morgan fingerprint density at radius 2 is 1.74 bits per heavy atom. The third-order valence-electron chi connectivity index (χ3n) is 4.04. The van der Waals surface area contributed by atoms with Crippen LogP contribution in [-0.4, -0.2) is 30.4 Å². The zero-order valence-electron chi connectivity index (χ0n) is 14.9. The third kappa shape index (κ3) is 6.44. The number of hydrogen-bond acceptors (Lipinski definition) is 3. The summed E-state index contributed by atoms with van der Waals surface area (Å²) in [6, 6.07) is 9.32. The van der Waals surface area contributed by atoms with Crippen molar-refractivity contribution in [3.05, 3.63) is 71.0 Å². The molecule has 1 amide bonds. The Bertz CT molecular complexity index is 811. The molecule has 0 saturated carbocycles. The largest absolute Gasteiger partial charge is 0.469 e. The van der Waals surface area contributed by atoms with Crippen LogP contribution in [0.1, 0.15) is 24.0 Å². The second kappa shape index (κ2) is 9.75. The average molecular weight is 379 g/mol. The van der Waals surface area contributed by atoms with E-state index in [1.165, 1.54) is 30.2 Å². The van der Waals surface area contributed by atoms with Crippen LogP contribution in [0, 0.1) is 17.5 Å². The van der Waals surface area contributed by atoms with Crippen LogP contribution in [0.5, 0.6) is 0 Å². The number of amides is 1. The van der Waals surface area contributed by atoms with Gasteiger partial charge >= 0.3 is 5.97 Å². The van der Waals surface area contributed by atoms with Gasteiger partial charge in [0.05, 0.1) is 13.5 Å². The highest BCUT2D eigenvalue weighted by Crippen LogP contribution is 2.14. The Morgan fingerprint density at radius 3 is 2.41 bits per heavy atom. The third-order valence-corrected chi connectivity index (χ3v) is 4.04. The van der Waals surface area contributed by atoms with E-state index >= 15 is 0 Å². The predicted molar refractivity (Wildman–Crippen MR) is 93.1 cm³/mol. The molecule has 0 bridgehead atoms. The van der Waals surface area contributed by atoms with E-state index in [-0.39, 0.29) is 37.7 Å². The van der Waals surface area contributed by atoms with Gasteiger partial charge in [0.1, 0.15) is 5.82 Å². The maximum absolute atomic E-state index is 13.4. The summed E-state index contributed by atoms with van der Waals surface area (Å²) < 4.78 is 44.3. The number of rotatable bonds is 8. The van der Waals surface area contributed by atoms with Crippen LogP contribution < -0.4 is 0 Å². The second-order valence-corrected chi connectivity index (χ2v) is 6.02. The van der Waals surface area contributed by atoms with Crippen LogP contribution in [-0.2, 0) is 27.3 Å². The van der Waals surface area contributed by atoms with Gasteiger partial charge in [-0.15, -0.1) is 0 Å². The summed E-state index contributed by atoms with van der Waals surface area (Å²) in [5.74, 6) is -3.13. The lowest BCUT2D eigenvalue weighted by Gasteiger charge is -2.22. The molecule has 0 aromatic heterocycles. The molecule has 0 saturated heterocycles. The number of carbonyl (C=O) groups is 2. The minimum atomic E-state index is -1.01. The number of nitrogens with zero attached hydrogens (tertiary/aromatic N) is 1. The van der Waals surface area contributed by atoms with Gasteiger partial charge in [0.2, 0.25) is 5.91 Å².